The number of ether oxygens (including phenoxy) is 3. The lowest BCUT2D eigenvalue weighted by molar-refractivity contribution is -0.136. The molecule has 9 heteroatoms. The molecule has 0 radical (unpaired) electrons. The van der Waals surface area contributed by atoms with Crippen molar-refractivity contribution >= 4 is 40.5 Å². The standard InChI is InChI=1S/C29H25N3O6/c1-3-37-23-13-8-20(9-14-23)29(35)38-26-17-10-19-6-4-5-7-24(19)25(26)18-30-32-28(34)27(33)31-21-11-15-22(36-2)16-12-21/h4-18H,3H2,1-2H3,(H,31,33)(H,32,34)/b30-18-. The smallest absolute Gasteiger partial charge is 0.343 e. The van der Waals surface area contributed by atoms with Crippen LogP contribution in [0.4, 0.5) is 5.69 Å². The molecule has 0 spiro atoms. The van der Waals surface area contributed by atoms with E-state index in [1.54, 1.807) is 54.6 Å². The number of nitrogens with zero attached hydrogens (tertiary/aromatic N) is 1. The van der Waals surface area contributed by atoms with Gasteiger partial charge < -0.3 is 19.5 Å². The Morgan fingerprint density at radius 1 is 0.842 bits per heavy atom. The zero-order valence-corrected chi connectivity index (χ0v) is 20.8. The van der Waals surface area contributed by atoms with Crippen molar-refractivity contribution in [1.82, 2.24) is 5.43 Å². The van der Waals surface area contributed by atoms with Crippen molar-refractivity contribution in [3.8, 4) is 17.2 Å². The fraction of sp³-hybridized carbons (Fsp3) is 0.103. The van der Waals surface area contributed by atoms with Crippen molar-refractivity contribution in [2.24, 2.45) is 5.10 Å². The van der Waals surface area contributed by atoms with Gasteiger partial charge in [0.25, 0.3) is 0 Å². The molecular formula is C29H25N3O6. The van der Waals surface area contributed by atoms with Gasteiger partial charge in [0, 0.05) is 11.3 Å². The molecule has 0 aliphatic carbocycles. The number of nitrogens with one attached hydrogen (secondary N) is 2. The lowest BCUT2D eigenvalue weighted by Crippen LogP contribution is -2.32. The molecule has 4 aromatic carbocycles. The molecule has 0 unspecified atom stereocenters. The Hall–Kier alpha value is -5.18. The molecule has 0 saturated heterocycles. The van der Waals surface area contributed by atoms with Crippen LogP contribution in [0.2, 0.25) is 0 Å². The summed E-state index contributed by atoms with van der Waals surface area (Å²) >= 11 is 0. The molecule has 38 heavy (non-hydrogen) atoms. The van der Waals surface area contributed by atoms with Crippen molar-refractivity contribution in [2.45, 2.75) is 6.92 Å². The lowest BCUT2D eigenvalue weighted by Gasteiger charge is -2.11. The maximum atomic E-state index is 12.8. The number of carbonyl (C=O) groups is 3. The Balaban J connectivity index is 1.50. The molecular weight excluding hydrogens is 486 g/mol. The van der Waals surface area contributed by atoms with Crippen LogP contribution >= 0.6 is 0 Å². The molecule has 0 aromatic heterocycles. The van der Waals surface area contributed by atoms with Gasteiger partial charge in [0.05, 0.1) is 25.5 Å². The van der Waals surface area contributed by atoms with E-state index in [0.717, 1.165) is 10.8 Å². The fourth-order valence-electron chi connectivity index (χ4n) is 3.58. The van der Waals surface area contributed by atoms with E-state index in [4.69, 9.17) is 14.2 Å². The van der Waals surface area contributed by atoms with Gasteiger partial charge in [0.15, 0.2) is 0 Å². The van der Waals surface area contributed by atoms with Crippen molar-refractivity contribution in [2.75, 3.05) is 19.0 Å². The topological polar surface area (TPSA) is 115 Å². The molecule has 0 saturated carbocycles. The van der Waals surface area contributed by atoms with E-state index < -0.39 is 17.8 Å². The van der Waals surface area contributed by atoms with Crippen molar-refractivity contribution in [3.63, 3.8) is 0 Å². The second kappa shape index (κ2) is 12.2. The highest BCUT2D eigenvalue weighted by Gasteiger charge is 2.15. The highest BCUT2D eigenvalue weighted by molar-refractivity contribution is 6.39. The van der Waals surface area contributed by atoms with Gasteiger partial charge in [-0.1, -0.05) is 30.3 Å². The second-order valence-corrected chi connectivity index (χ2v) is 7.93. The van der Waals surface area contributed by atoms with E-state index in [2.05, 4.69) is 15.8 Å². The first-order valence-corrected chi connectivity index (χ1v) is 11.7. The summed E-state index contributed by atoms with van der Waals surface area (Å²) in [7, 11) is 1.53. The average molecular weight is 512 g/mol. The third-order valence-electron chi connectivity index (χ3n) is 5.45. The number of methoxy groups -OCH3 is 1. The van der Waals surface area contributed by atoms with Gasteiger partial charge in [0.1, 0.15) is 17.2 Å². The SMILES string of the molecule is CCOc1ccc(C(=O)Oc2ccc3ccccc3c2/C=N\NC(=O)C(=O)Nc2ccc(OC)cc2)cc1. The summed E-state index contributed by atoms with van der Waals surface area (Å²) in [4.78, 5) is 37.4. The number of carbonyl (C=O) groups excluding carboxylic acids is 3. The number of hydrogen-bond donors (Lipinski definition) is 2. The Morgan fingerprint density at radius 3 is 2.26 bits per heavy atom. The van der Waals surface area contributed by atoms with Gasteiger partial charge in [-0.25, -0.2) is 10.2 Å². The van der Waals surface area contributed by atoms with E-state index in [-0.39, 0.29) is 5.75 Å². The maximum Gasteiger partial charge on any atom is 0.343 e. The predicted octanol–water partition coefficient (Wildman–Crippen LogP) is 4.56. The highest BCUT2D eigenvalue weighted by atomic mass is 16.5. The minimum atomic E-state index is -0.967. The van der Waals surface area contributed by atoms with Gasteiger partial charge in [0.2, 0.25) is 0 Å². The Morgan fingerprint density at radius 2 is 1.55 bits per heavy atom. The van der Waals surface area contributed by atoms with Crippen LogP contribution in [0.5, 0.6) is 17.2 Å². The molecule has 0 aliphatic heterocycles. The number of benzene rings is 4. The number of hydrazone groups is 1. The number of esters is 1. The van der Waals surface area contributed by atoms with Crippen LogP contribution in [0.15, 0.2) is 90.0 Å². The zero-order chi connectivity index (χ0) is 26.9. The molecule has 0 fully saturated rings. The summed E-state index contributed by atoms with van der Waals surface area (Å²) in [5.74, 6) is -0.928. The zero-order valence-electron chi connectivity index (χ0n) is 20.8. The largest absolute Gasteiger partial charge is 0.497 e. The minimum Gasteiger partial charge on any atom is -0.497 e. The summed E-state index contributed by atoms with van der Waals surface area (Å²) in [6, 6.07) is 24.0. The lowest BCUT2D eigenvalue weighted by atomic mass is 10.0. The summed E-state index contributed by atoms with van der Waals surface area (Å²) in [6.45, 7) is 2.39. The normalized spacial score (nSPS) is 10.7. The molecule has 4 rings (SSSR count). The summed E-state index contributed by atoms with van der Waals surface area (Å²) in [5.41, 5.74) is 3.43. The van der Waals surface area contributed by atoms with E-state index in [1.165, 1.54) is 13.3 Å². The fourth-order valence-corrected chi connectivity index (χ4v) is 3.58. The quantitative estimate of drug-likeness (QED) is 0.118. The molecule has 0 atom stereocenters. The van der Waals surface area contributed by atoms with Gasteiger partial charge in [-0.05, 0) is 72.3 Å². The molecule has 0 aliphatic rings. The van der Waals surface area contributed by atoms with Gasteiger partial charge in [-0.15, -0.1) is 0 Å². The van der Waals surface area contributed by atoms with Crippen LogP contribution < -0.4 is 25.0 Å². The predicted molar refractivity (Wildman–Crippen MR) is 144 cm³/mol. The molecule has 2 amide bonds. The average Bonchev–Trinajstić information content (AvgIpc) is 2.94. The van der Waals surface area contributed by atoms with Crippen LogP contribution in [-0.2, 0) is 9.59 Å². The monoisotopic (exact) mass is 511 g/mol. The number of anilines is 1. The third kappa shape index (κ3) is 6.33. The highest BCUT2D eigenvalue weighted by Crippen LogP contribution is 2.27. The number of rotatable bonds is 8. The third-order valence-corrected chi connectivity index (χ3v) is 5.45. The van der Waals surface area contributed by atoms with Crippen LogP contribution in [0, 0.1) is 0 Å². The first-order valence-electron chi connectivity index (χ1n) is 11.7. The molecule has 9 nitrogen and oxygen atoms in total. The van der Waals surface area contributed by atoms with Crippen LogP contribution in [0.3, 0.4) is 0 Å². The van der Waals surface area contributed by atoms with Gasteiger partial charge in [-0.3, -0.25) is 9.59 Å². The number of fused-ring (bicyclic) bond motifs is 1. The Kier molecular flexibility index (Phi) is 8.30. The van der Waals surface area contributed by atoms with Crippen LogP contribution in [0.25, 0.3) is 10.8 Å². The Bertz CT molecular complexity index is 1480. The number of hydrogen-bond acceptors (Lipinski definition) is 7. The van der Waals surface area contributed by atoms with E-state index in [1.807, 2.05) is 37.3 Å². The summed E-state index contributed by atoms with van der Waals surface area (Å²) < 4.78 is 16.2. The molecule has 0 bridgehead atoms. The molecule has 2 N–H and O–H groups in total. The minimum absolute atomic E-state index is 0.239. The number of amides is 2. The summed E-state index contributed by atoms with van der Waals surface area (Å²) in [5, 5.41) is 8.04. The molecule has 0 heterocycles. The molecule has 4 aromatic rings. The van der Waals surface area contributed by atoms with E-state index in [0.29, 0.717) is 34.9 Å². The maximum absolute atomic E-state index is 12.8. The Labute approximate surface area is 219 Å². The van der Waals surface area contributed by atoms with Gasteiger partial charge >= 0.3 is 17.8 Å². The van der Waals surface area contributed by atoms with Crippen molar-refractivity contribution in [1.29, 1.82) is 0 Å². The first-order chi connectivity index (χ1) is 18.5. The van der Waals surface area contributed by atoms with E-state index >= 15 is 0 Å². The summed E-state index contributed by atoms with van der Waals surface area (Å²) in [6.07, 6.45) is 1.34. The first kappa shape index (κ1) is 25.9. The van der Waals surface area contributed by atoms with Crippen molar-refractivity contribution < 1.29 is 28.6 Å². The second-order valence-electron chi connectivity index (χ2n) is 7.93. The van der Waals surface area contributed by atoms with Gasteiger partial charge in [-0.2, -0.15) is 5.10 Å². The van der Waals surface area contributed by atoms with Crippen molar-refractivity contribution in [3.05, 3.63) is 96.1 Å². The molecule has 192 valence electrons. The van der Waals surface area contributed by atoms with Crippen LogP contribution in [-0.4, -0.2) is 37.7 Å². The van der Waals surface area contributed by atoms with E-state index in [9.17, 15) is 14.4 Å². The van der Waals surface area contributed by atoms with Crippen LogP contribution in [0.1, 0.15) is 22.8 Å².